The number of nitrogens with zero attached hydrogens (tertiary/aromatic N) is 1. The molecule has 0 amide bonds. The summed E-state index contributed by atoms with van der Waals surface area (Å²) >= 11 is 1.23. The van der Waals surface area contributed by atoms with Crippen molar-refractivity contribution in [1.82, 2.24) is 4.98 Å². The number of rotatable bonds is 5. The van der Waals surface area contributed by atoms with Gasteiger partial charge < -0.3 is 9.47 Å². The molecule has 108 valence electrons. The third-order valence-corrected chi connectivity index (χ3v) is 4.85. The minimum Gasteiger partial charge on any atom is -0.493 e. The molecule has 2 rings (SSSR count). The highest BCUT2D eigenvalue weighted by Gasteiger charge is 2.18. The summed E-state index contributed by atoms with van der Waals surface area (Å²) < 4.78 is 37.1. The van der Waals surface area contributed by atoms with Crippen molar-refractivity contribution in [3.63, 3.8) is 0 Å². The van der Waals surface area contributed by atoms with E-state index in [0.29, 0.717) is 16.6 Å². The Balaban J connectivity index is 2.34. The van der Waals surface area contributed by atoms with Gasteiger partial charge in [0.05, 0.1) is 24.8 Å². The highest BCUT2D eigenvalue weighted by Crippen LogP contribution is 2.30. The van der Waals surface area contributed by atoms with Crippen molar-refractivity contribution in [2.45, 2.75) is 11.8 Å². The van der Waals surface area contributed by atoms with Gasteiger partial charge in [0, 0.05) is 11.4 Å². The smallest absolute Gasteiger partial charge is 0.263 e. The molecule has 2 aromatic rings. The second-order valence-corrected chi connectivity index (χ2v) is 6.46. The molecule has 0 saturated carbocycles. The largest absolute Gasteiger partial charge is 0.493 e. The van der Waals surface area contributed by atoms with Gasteiger partial charge in [-0.25, -0.2) is 13.4 Å². The predicted octanol–water partition coefficient (Wildman–Crippen LogP) is 2.27. The van der Waals surface area contributed by atoms with Crippen LogP contribution in [0.25, 0.3) is 0 Å². The van der Waals surface area contributed by atoms with Crippen LogP contribution in [-0.4, -0.2) is 27.6 Å². The second-order valence-electron chi connectivity index (χ2n) is 3.92. The average Bonchev–Trinajstić information content (AvgIpc) is 2.82. The van der Waals surface area contributed by atoms with Crippen LogP contribution in [0, 0.1) is 6.92 Å². The Bertz CT molecular complexity index is 710. The molecular weight excluding hydrogens is 300 g/mol. The van der Waals surface area contributed by atoms with Gasteiger partial charge in [0.1, 0.15) is 0 Å². The Hall–Kier alpha value is -1.80. The lowest BCUT2D eigenvalue weighted by atomic mass is 10.3. The third kappa shape index (κ3) is 3.02. The fourth-order valence-corrected chi connectivity index (χ4v) is 3.51. The maximum atomic E-state index is 12.2. The summed E-state index contributed by atoms with van der Waals surface area (Å²) in [6.07, 6.45) is 0. The molecule has 0 saturated heterocycles. The van der Waals surface area contributed by atoms with E-state index in [1.54, 1.807) is 18.4 Å². The maximum absolute atomic E-state index is 12.2. The lowest BCUT2D eigenvalue weighted by molar-refractivity contribution is 0.354. The number of ether oxygens (including phenoxy) is 2. The summed E-state index contributed by atoms with van der Waals surface area (Å²) in [4.78, 5) is 4.16. The number of anilines is 1. The Morgan fingerprint density at radius 1 is 1.20 bits per heavy atom. The van der Waals surface area contributed by atoms with Gasteiger partial charge in [0.2, 0.25) is 0 Å². The van der Waals surface area contributed by atoms with Crippen molar-refractivity contribution in [1.29, 1.82) is 0 Å². The highest BCUT2D eigenvalue weighted by molar-refractivity contribution is 7.93. The van der Waals surface area contributed by atoms with Crippen LogP contribution in [0.4, 0.5) is 5.13 Å². The van der Waals surface area contributed by atoms with Gasteiger partial charge in [-0.2, -0.15) is 0 Å². The summed E-state index contributed by atoms with van der Waals surface area (Å²) in [5.74, 6) is 0.822. The molecule has 0 aliphatic carbocycles. The van der Waals surface area contributed by atoms with E-state index >= 15 is 0 Å². The summed E-state index contributed by atoms with van der Waals surface area (Å²) in [6.45, 7) is 1.80. The van der Waals surface area contributed by atoms with Crippen LogP contribution in [0.3, 0.4) is 0 Å². The first kappa shape index (κ1) is 14.6. The number of aromatic nitrogens is 1. The van der Waals surface area contributed by atoms with Gasteiger partial charge in [-0.3, -0.25) is 4.72 Å². The lowest BCUT2D eigenvalue weighted by Gasteiger charge is -2.10. The molecule has 0 aliphatic rings. The quantitative estimate of drug-likeness (QED) is 0.916. The van der Waals surface area contributed by atoms with Crippen molar-refractivity contribution in [2.24, 2.45) is 0 Å². The van der Waals surface area contributed by atoms with Crippen molar-refractivity contribution in [3.05, 3.63) is 29.3 Å². The molecule has 0 atom stereocenters. The summed E-state index contributed by atoms with van der Waals surface area (Å²) in [7, 11) is -0.756. The van der Waals surface area contributed by atoms with Gasteiger partial charge in [0.15, 0.2) is 16.6 Å². The highest BCUT2D eigenvalue weighted by atomic mass is 32.2. The van der Waals surface area contributed by atoms with Crippen LogP contribution in [0.2, 0.25) is 0 Å². The van der Waals surface area contributed by atoms with Crippen molar-refractivity contribution >= 4 is 26.5 Å². The Morgan fingerprint density at radius 2 is 1.90 bits per heavy atom. The van der Waals surface area contributed by atoms with Crippen LogP contribution in [0.1, 0.15) is 5.69 Å². The van der Waals surface area contributed by atoms with Gasteiger partial charge in [-0.05, 0) is 19.1 Å². The number of sulfonamides is 1. The van der Waals surface area contributed by atoms with Crippen molar-refractivity contribution < 1.29 is 17.9 Å². The molecule has 0 aliphatic heterocycles. The Labute approximate surface area is 121 Å². The van der Waals surface area contributed by atoms with Gasteiger partial charge in [-0.15, -0.1) is 11.3 Å². The average molecular weight is 314 g/mol. The number of methoxy groups -OCH3 is 2. The Kier molecular flexibility index (Phi) is 4.15. The molecule has 8 heteroatoms. The molecule has 6 nitrogen and oxygen atoms in total. The van der Waals surface area contributed by atoms with E-state index in [1.165, 1.54) is 37.7 Å². The minimum absolute atomic E-state index is 0.0861. The monoisotopic (exact) mass is 314 g/mol. The van der Waals surface area contributed by atoms with Crippen molar-refractivity contribution in [2.75, 3.05) is 18.9 Å². The van der Waals surface area contributed by atoms with Crippen LogP contribution in [-0.2, 0) is 10.0 Å². The molecule has 0 unspecified atom stereocenters. The molecule has 20 heavy (non-hydrogen) atoms. The zero-order valence-corrected chi connectivity index (χ0v) is 12.8. The molecule has 1 aromatic carbocycles. The SMILES string of the molecule is COc1ccc(S(=O)(=O)Nc2nc(C)cs2)cc1OC. The summed E-state index contributed by atoms with van der Waals surface area (Å²) in [5, 5.41) is 2.10. The number of nitrogens with one attached hydrogen (secondary N) is 1. The molecular formula is C12H14N2O4S2. The fraction of sp³-hybridized carbons (Fsp3) is 0.250. The van der Waals surface area contributed by atoms with E-state index < -0.39 is 10.0 Å². The molecule has 1 N–H and O–H groups in total. The zero-order chi connectivity index (χ0) is 14.8. The first-order valence-electron chi connectivity index (χ1n) is 5.63. The normalized spacial score (nSPS) is 11.2. The van der Waals surface area contributed by atoms with Crippen LogP contribution < -0.4 is 14.2 Å². The molecule has 0 spiro atoms. The third-order valence-electron chi connectivity index (χ3n) is 2.51. The lowest BCUT2D eigenvalue weighted by Crippen LogP contribution is -2.13. The molecule has 1 heterocycles. The van der Waals surface area contributed by atoms with E-state index in [4.69, 9.17) is 9.47 Å². The van der Waals surface area contributed by atoms with Crippen LogP contribution >= 0.6 is 11.3 Å². The molecule has 1 aromatic heterocycles. The van der Waals surface area contributed by atoms with E-state index in [2.05, 4.69) is 9.71 Å². The summed E-state index contributed by atoms with van der Waals surface area (Å²) in [5.41, 5.74) is 0.764. The van der Waals surface area contributed by atoms with Gasteiger partial charge >= 0.3 is 0 Å². The van der Waals surface area contributed by atoms with E-state index in [0.717, 1.165) is 5.69 Å². The number of thiazole rings is 1. The predicted molar refractivity (Wildman–Crippen MR) is 77.2 cm³/mol. The van der Waals surface area contributed by atoms with Crippen LogP contribution in [0.5, 0.6) is 11.5 Å². The topological polar surface area (TPSA) is 77.5 Å². The number of aryl methyl sites for hydroxylation is 1. The fourth-order valence-electron chi connectivity index (χ4n) is 1.56. The van der Waals surface area contributed by atoms with Gasteiger partial charge in [0.25, 0.3) is 10.0 Å². The first-order valence-corrected chi connectivity index (χ1v) is 7.99. The van der Waals surface area contributed by atoms with E-state index in [1.807, 2.05) is 0 Å². The van der Waals surface area contributed by atoms with Crippen LogP contribution in [0.15, 0.2) is 28.5 Å². The molecule has 0 bridgehead atoms. The zero-order valence-electron chi connectivity index (χ0n) is 11.2. The summed E-state index contributed by atoms with van der Waals surface area (Å²) in [6, 6.07) is 4.40. The molecule has 0 radical (unpaired) electrons. The minimum atomic E-state index is -3.70. The molecule has 0 fully saturated rings. The number of hydrogen-bond donors (Lipinski definition) is 1. The second kappa shape index (κ2) is 5.68. The van der Waals surface area contributed by atoms with Crippen molar-refractivity contribution in [3.8, 4) is 11.5 Å². The number of benzene rings is 1. The van der Waals surface area contributed by atoms with E-state index in [-0.39, 0.29) is 4.90 Å². The van der Waals surface area contributed by atoms with Gasteiger partial charge in [-0.1, -0.05) is 0 Å². The maximum Gasteiger partial charge on any atom is 0.263 e. The number of hydrogen-bond acceptors (Lipinski definition) is 6. The Morgan fingerprint density at radius 3 is 2.45 bits per heavy atom. The standard InChI is InChI=1S/C12H14N2O4S2/c1-8-7-19-12(13-8)14-20(15,16)9-4-5-10(17-2)11(6-9)18-3/h4-7H,1-3H3,(H,13,14). The first-order chi connectivity index (χ1) is 9.46. The van der Waals surface area contributed by atoms with E-state index in [9.17, 15) is 8.42 Å².